The van der Waals surface area contributed by atoms with Crippen molar-refractivity contribution in [1.29, 1.82) is 0 Å². The molecule has 1 heterocycles. The molecular weight excluding hydrogens is 444 g/mol. The van der Waals surface area contributed by atoms with Crippen molar-refractivity contribution < 1.29 is 19.4 Å². The first-order chi connectivity index (χ1) is 14.8. The Kier molecular flexibility index (Phi) is 8.27. The number of rotatable bonds is 9. The lowest BCUT2D eigenvalue weighted by molar-refractivity contribution is -0.121. The molecular formula is C22H26Cl2FN3O3. The fourth-order valence-corrected chi connectivity index (χ4v) is 3.81. The van der Waals surface area contributed by atoms with Gasteiger partial charge in [-0.15, -0.1) is 0 Å². The van der Waals surface area contributed by atoms with Gasteiger partial charge >= 0.3 is 0 Å². The van der Waals surface area contributed by atoms with Crippen molar-refractivity contribution in [3.63, 3.8) is 0 Å². The largest absolute Gasteiger partial charge is 0.390 e. The molecule has 1 fully saturated rings. The molecule has 1 saturated heterocycles. The number of halogens is 3. The average Bonchev–Trinajstić information content (AvgIpc) is 2.77. The van der Waals surface area contributed by atoms with Crippen LogP contribution in [0.15, 0.2) is 48.5 Å². The molecule has 31 heavy (non-hydrogen) atoms. The van der Waals surface area contributed by atoms with Gasteiger partial charge < -0.3 is 21.3 Å². The van der Waals surface area contributed by atoms with Crippen molar-refractivity contribution in [3.8, 4) is 11.1 Å². The van der Waals surface area contributed by atoms with Gasteiger partial charge in [0.05, 0.1) is 12.1 Å². The quantitative estimate of drug-likeness (QED) is 0.421. The molecule has 9 heteroatoms. The second-order valence-corrected chi connectivity index (χ2v) is 8.73. The van der Waals surface area contributed by atoms with Crippen LogP contribution >= 0.6 is 23.2 Å². The third kappa shape index (κ3) is 5.74. The van der Waals surface area contributed by atoms with E-state index in [2.05, 4.69) is 10.2 Å². The summed E-state index contributed by atoms with van der Waals surface area (Å²) in [6.45, 7) is 0.828. The maximum atomic E-state index is 13.3. The van der Waals surface area contributed by atoms with Gasteiger partial charge in [-0.05, 0) is 22.3 Å². The molecule has 2 aromatic rings. The van der Waals surface area contributed by atoms with Crippen molar-refractivity contribution in [2.24, 2.45) is 5.73 Å². The number of alkyl halides is 3. The summed E-state index contributed by atoms with van der Waals surface area (Å²) in [7, 11) is 0. The highest BCUT2D eigenvalue weighted by atomic mass is 35.5. The number of carbonyl (C=O) groups is 1. The van der Waals surface area contributed by atoms with Crippen LogP contribution in [0, 0.1) is 0 Å². The second kappa shape index (κ2) is 10.7. The number of hydrogen-bond donors (Lipinski definition) is 4. The number of aliphatic hydroxyl groups is 2. The zero-order chi connectivity index (χ0) is 22.5. The molecule has 0 saturated carbocycles. The molecule has 0 aliphatic carbocycles. The van der Waals surface area contributed by atoms with Crippen LogP contribution in [-0.4, -0.2) is 63.8 Å². The molecule has 1 aliphatic heterocycles. The highest BCUT2D eigenvalue weighted by molar-refractivity contribution is 6.53. The molecule has 5 N–H and O–H groups in total. The molecule has 0 radical (unpaired) electrons. The van der Waals surface area contributed by atoms with Crippen molar-refractivity contribution in [3.05, 3.63) is 59.7 Å². The van der Waals surface area contributed by atoms with Gasteiger partial charge in [0.1, 0.15) is 12.8 Å². The van der Waals surface area contributed by atoms with Gasteiger partial charge in [0.15, 0.2) is 4.84 Å². The van der Waals surface area contributed by atoms with Crippen LogP contribution in [0.3, 0.4) is 0 Å². The normalized spacial score (nSPS) is 20.9. The van der Waals surface area contributed by atoms with Crippen LogP contribution in [-0.2, 0) is 11.3 Å². The van der Waals surface area contributed by atoms with E-state index in [0.717, 1.165) is 23.2 Å². The number of carbonyl (C=O) groups excluding carboxylic acids is 1. The summed E-state index contributed by atoms with van der Waals surface area (Å²) >= 11 is 10.9. The lowest BCUT2D eigenvalue weighted by Gasteiger charge is -2.44. The fourth-order valence-electron chi connectivity index (χ4n) is 3.68. The van der Waals surface area contributed by atoms with Crippen molar-refractivity contribution in [2.45, 2.75) is 35.7 Å². The van der Waals surface area contributed by atoms with Gasteiger partial charge in [-0.1, -0.05) is 71.7 Å². The van der Waals surface area contributed by atoms with E-state index in [4.69, 9.17) is 28.9 Å². The van der Waals surface area contributed by atoms with Gasteiger partial charge in [-0.2, -0.15) is 0 Å². The predicted octanol–water partition coefficient (Wildman–Crippen LogP) is 2.15. The Morgan fingerprint density at radius 1 is 1.16 bits per heavy atom. The van der Waals surface area contributed by atoms with E-state index < -0.39 is 29.6 Å². The smallest absolute Gasteiger partial charge is 0.253 e. The fraction of sp³-hybridized carbons (Fsp3) is 0.409. The molecule has 6 nitrogen and oxygen atoms in total. The van der Waals surface area contributed by atoms with Crippen LogP contribution in [0.4, 0.5) is 4.39 Å². The Morgan fingerprint density at radius 3 is 2.23 bits per heavy atom. The van der Waals surface area contributed by atoms with E-state index in [-0.39, 0.29) is 12.1 Å². The van der Waals surface area contributed by atoms with E-state index in [1.54, 1.807) is 12.1 Å². The number of nitrogens with zero attached hydrogens (tertiary/aromatic N) is 1. The summed E-state index contributed by atoms with van der Waals surface area (Å²) in [6.07, 6.45) is -1.59. The minimum absolute atomic E-state index is 0.0105. The molecule has 168 valence electrons. The van der Waals surface area contributed by atoms with E-state index >= 15 is 0 Å². The van der Waals surface area contributed by atoms with Crippen LogP contribution in [0.5, 0.6) is 0 Å². The summed E-state index contributed by atoms with van der Waals surface area (Å²) in [5, 5.41) is 22.4. The summed E-state index contributed by atoms with van der Waals surface area (Å²) in [5.74, 6) is -0.757. The van der Waals surface area contributed by atoms with E-state index in [1.165, 1.54) is 0 Å². The van der Waals surface area contributed by atoms with E-state index in [1.807, 2.05) is 36.4 Å². The first-order valence-corrected chi connectivity index (χ1v) is 10.8. The Hall–Kier alpha value is -1.74. The van der Waals surface area contributed by atoms with Crippen molar-refractivity contribution in [2.75, 3.05) is 19.8 Å². The van der Waals surface area contributed by atoms with Crippen LogP contribution in [0.25, 0.3) is 11.1 Å². The third-order valence-corrected chi connectivity index (χ3v) is 5.97. The highest BCUT2D eigenvalue weighted by Gasteiger charge is 2.36. The lowest BCUT2D eigenvalue weighted by Crippen LogP contribution is -2.62. The number of likely N-dealkylation sites (tertiary alicyclic amines) is 1. The van der Waals surface area contributed by atoms with Crippen LogP contribution < -0.4 is 11.1 Å². The van der Waals surface area contributed by atoms with Gasteiger partial charge in [-0.3, -0.25) is 9.69 Å². The number of nitrogens with one attached hydrogen (secondary N) is 1. The van der Waals surface area contributed by atoms with E-state index in [0.29, 0.717) is 18.7 Å². The Labute approximate surface area is 190 Å². The summed E-state index contributed by atoms with van der Waals surface area (Å²) in [6, 6.07) is 14.0. The van der Waals surface area contributed by atoms with Gasteiger partial charge in [0, 0.05) is 25.7 Å². The number of nitrogens with two attached hydrogens (primary N) is 1. The van der Waals surface area contributed by atoms with E-state index in [9.17, 15) is 19.4 Å². The number of aliphatic hydroxyl groups excluding tert-OH is 2. The zero-order valence-electron chi connectivity index (χ0n) is 16.8. The minimum atomic E-state index is -1.33. The third-order valence-electron chi connectivity index (χ3n) is 5.57. The zero-order valence-corrected chi connectivity index (χ0v) is 18.3. The molecule has 4 atom stereocenters. The van der Waals surface area contributed by atoms with Gasteiger partial charge in [0.25, 0.3) is 5.91 Å². The predicted molar refractivity (Wildman–Crippen MR) is 119 cm³/mol. The molecule has 0 bridgehead atoms. The maximum Gasteiger partial charge on any atom is 0.253 e. The first-order valence-electron chi connectivity index (χ1n) is 9.98. The molecule has 3 rings (SSSR count). The summed E-state index contributed by atoms with van der Waals surface area (Å²) in [4.78, 5) is 12.4. The highest BCUT2D eigenvalue weighted by Crippen LogP contribution is 2.26. The SMILES string of the molecule is NCC1C(O)CN1Cc1ccc(-c2ccc([C@@H](O)[C@@H](CF)NC(=O)C(Cl)Cl)cc2)cc1. The van der Waals surface area contributed by atoms with Gasteiger partial charge in [-0.25, -0.2) is 4.39 Å². The number of amides is 1. The molecule has 0 spiro atoms. The first kappa shape index (κ1) is 23.9. The van der Waals surface area contributed by atoms with Crippen LogP contribution in [0.1, 0.15) is 17.2 Å². The number of β-amino-alcohol motifs (C(OH)–C–C–N with tert-alkyl or cyclic N) is 1. The second-order valence-electron chi connectivity index (χ2n) is 7.63. The molecule has 2 unspecified atom stereocenters. The molecule has 1 amide bonds. The topological polar surface area (TPSA) is 98.8 Å². The Balaban J connectivity index is 1.63. The molecule has 2 aromatic carbocycles. The summed E-state index contributed by atoms with van der Waals surface area (Å²) in [5.41, 5.74) is 9.21. The summed E-state index contributed by atoms with van der Waals surface area (Å²) < 4.78 is 13.3. The number of benzene rings is 2. The standard InChI is InChI=1S/C22H26Cl2FN3O3/c23-21(24)22(31)27-17(9-25)20(30)16-7-5-15(6-8-16)14-3-1-13(2-4-14)11-28-12-19(29)18(28)10-26/h1-8,17-21,29-30H,9-12,26H2,(H,27,31)/t17-,18?,19?,20-/m1/s1. The Morgan fingerprint density at radius 2 is 1.74 bits per heavy atom. The van der Waals surface area contributed by atoms with Crippen molar-refractivity contribution in [1.82, 2.24) is 10.2 Å². The molecule has 0 aromatic heterocycles. The van der Waals surface area contributed by atoms with Crippen LogP contribution in [0.2, 0.25) is 0 Å². The average molecular weight is 470 g/mol. The molecule has 1 aliphatic rings. The maximum absolute atomic E-state index is 13.3. The number of hydrogen-bond acceptors (Lipinski definition) is 5. The van der Waals surface area contributed by atoms with Gasteiger partial charge in [0.2, 0.25) is 0 Å². The minimum Gasteiger partial charge on any atom is -0.390 e. The monoisotopic (exact) mass is 469 g/mol. The van der Waals surface area contributed by atoms with Crippen molar-refractivity contribution >= 4 is 29.1 Å². The Bertz CT molecular complexity index is 867. The lowest BCUT2D eigenvalue weighted by atomic mass is 9.96.